The number of hydrogen-bond donors (Lipinski definition) is 2. The van der Waals surface area contributed by atoms with Gasteiger partial charge in [-0.3, -0.25) is 13.8 Å². The van der Waals surface area contributed by atoms with E-state index in [1.807, 2.05) is 45.3 Å². The van der Waals surface area contributed by atoms with E-state index in [9.17, 15) is 14.3 Å². The van der Waals surface area contributed by atoms with Crippen molar-refractivity contribution in [2.45, 2.75) is 104 Å². The van der Waals surface area contributed by atoms with Gasteiger partial charge in [0.2, 0.25) is 0 Å². The summed E-state index contributed by atoms with van der Waals surface area (Å²) in [5, 5.41) is 0. The topological polar surface area (TPSA) is 86.5 Å². The first-order valence-electron chi connectivity index (χ1n) is 14.9. The van der Waals surface area contributed by atoms with Gasteiger partial charge < -0.3 is 14.5 Å². The number of hydrogen-bond acceptors (Lipinski definition) is 5. The number of ketones is 1. The zero-order chi connectivity index (χ0) is 28.1. The Hall–Kier alpha value is -1.24. The molecule has 0 spiro atoms. The number of carbonyl (C=O) groups excluding carboxylic acids is 1. The van der Waals surface area contributed by atoms with Crippen LogP contribution in [0.2, 0.25) is 0 Å². The van der Waals surface area contributed by atoms with Gasteiger partial charge in [-0.1, -0.05) is 83.8 Å². The van der Waals surface area contributed by atoms with Gasteiger partial charge in [0.05, 0.1) is 40.5 Å². The van der Waals surface area contributed by atoms with E-state index in [0.717, 1.165) is 30.9 Å². The van der Waals surface area contributed by atoms with Gasteiger partial charge in [0.15, 0.2) is 0 Å². The smallest absolute Gasteiger partial charge is 0.472 e. The lowest BCUT2D eigenvalue weighted by Crippen LogP contribution is -3.05. The van der Waals surface area contributed by atoms with Crippen molar-refractivity contribution in [1.29, 1.82) is 0 Å². The third-order valence-electron chi connectivity index (χ3n) is 6.67. The van der Waals surface area contributed by atoms with Gasteiger partial charge >= 0.3 is 7.82 Å². The average Bonchev–Trinajstić information content (AvgIpc) is 2.89. The lowest BCUT2D eigenvalue weighted by Gasteiger charge is -2.19. The summed E-state index contributed by atoms with van der Waals surface area (Å²) in [6.07, 6.45) is 15.0. The fourth-order valence-corrected chi connectivity index (χ4v) is 5.17. The second-order valence-corrected chi connectivity index (χ2v) is 12.2. The predicted molar refractivity (Wildman–Crippen MR) is 155 cm³/mol. The number of Topliss-reactive ketones (excluding diaryl/α,β-unsaturated/α-hetero) is 1. The highest BCUT2D eigenvalue weighted by molar-refractivity contribution is 7.47. The predicted octanol–water partition coefficient (Wildman–Crippen LogP) is 6.18. The molecule has 0 amide bonds. The molecule has 220 valence electrons. The molecule has 2 unspecified atom stereocenters. The lowest BCUT2D eigenvalue weighted by atomic mass is 9.94. The Labute approximate surface area is 232 Å². The van der Waals surface area contributed by atoms with Crippen LogP contribution in [0.3, 0.4) is 0 Å². The van der Waals surface area contributed by atoms with Gasteiger partial charge in [0.1, 0.15) is 11.5 Å². The fraction of sp³-hybridized carbons (Fsp3) is 0.767. The molecule has 2 N–H and O–H groups in total. The molecule has 1 aromatic carbocycles. The van der Waals surface area contributed by atoms with Gasteiger partial charge in [0.25, 0.3) is 0 Å². The molecule has 1 rings (SSSR count). The number of phosphoric ester groups is 1. The molecule has 7 nitrogen and oxygen atoms in total. The maximum absolute atomic E-state index is 12.3. The number of quaternary nitrogens is 1. The zero-order valence-corrected chi connectivity index (χ0v) is 25.4. The molecule has 1 aromatic rings. The van der Waals surface area contributed by atoms with Crippen LogP contribution in [0.1, 0.15) is 103 Å². The van der Waals surface area contributed by atoms with Crippen molar-refractivity contribution in [2.24, 2.45) is 5.92 Å². The molecule has 0 aliphatic rings. The normalized spacial score (nSPS) is 13.9. The van der Waals surface area contributed by atoms with Crippen molar-refractivity contribution in [3.63, 3.8) is 0 Å². The van der Waals surface area contributed by atoms with Gasteiger partial charge in [0, 0.05) is 19.3 Å². The SMILES string of the molecule is CCCCCCCCCCCCOc1ccc(CC(COP(=O)(O)OCCC[NH+](C)C)CC(=O)CC)cc1. The Morgan fingerprint density at radius 3 is 2.05 bits per heavy atom. The second-order valence-electron chi connectivity index (χ2n) is 10.7. The van der Waals surface area contributed by atoms with E-state index in [1.54, 1.807) is 0 Å². The van der Waals surface area contributed by atoms with E-state index in [2.05, 4.69) is 6.92 Å². The Balaban J connectivity index is 2.37. The second kappa shape index (κ2) is 21.6. The van der Waals surface area contributed by atoms with Gasteiger partial charge in [-0.05, 0) is 36.5 Å². The van der Waals surface area contributed by atoms with Crippen LogP contribution in [-0.2, 0) is 24.8 Å². The molecule has 0 heterocycles. The monoisotopic (exact) mass is 556 g/mol. The number of rotatable bonds is 25. The maximum Gasteiger partial charge on any atom is 0.472 e. The molecular weight excluding hydrogens is 501 g/mol. The zero-order valence-electron chi connectivity index (χ0n) is 24.6. The molecule has 0 fully saturated rings. The molecule has 8 heteroatoms. The number of ether oxygens (including phenoxy) is 1. The van der Waals surface area contributed by atoms with Crippen molar-refractivity contribution in [2.75, 3.05) is 40.5 Å². The van der Waals surface area contributed by atoms with Gasteiger partial charge in [-0.2, -0.15) is 0 Å². The van der Waals surface area contributed by atoms with Crippen molar-refractivity contribution in [3.05, 3.63) is 29.8 Å². The van der Waals surface area contributed by atoms with Crippen molar-refractivity contribution < 1.29 is 32.9 Å². The number of carbonyl (C=O) groups is 1. The van der Waals surface area contributed by atoms with Crippen LogP contribution in [0.5, 0.6) is 5.75 Å². The first-order valence-corrected chi connectivity index (χ1v) is 16.4. The largest absolute Gasteiger partial charge is 0.494 e. The molecule has 38 heavy (non-hydrogen) atoms. The molecule has 0 aliphatic heterocycles. The van der Waals surface area contributed by atoms with Crippen LogP contribution < -0.4 is 9.64 Å². The summed E-state index contributed by atoms with van der Waals surface area (Å²) in [5.41, 5.74) is 1.04. The molecule has 0 aromatic heterocycles. The van der Waals surface area contributed by atoms with Crippen LogP contribution in [0.15, 0.2) is 24.3 Å². The number of phosphoric acid groups is 1. The summed E-state index contributed by atoms with van der Waals surface area (Å²) < 4.78 is 28.5. The minimum absolute atomic E-state index is 0.00452. The van der Waals surface area contributed by atoms with Crippen molar-refractivity contribution in [1.82, 2.24) is 0 Å². The third kappa shape index (κ3) is 18.9. The van der Waals surface area contributed by atoms with E-state index >= 15 is 0 Å². The quantitative estimate of drug-likeness (QED) is 0.110. The first kappa shape index (κ1) is 34.8. The summed E-state index contributed by atoms with van der Waals surface area (Å²) in [6.45, 7) is 5.80. The Morgan fingerprint density at radius 2 is 1.47 bits per heavy atom. The van der Waals surface area contributed by atoms with Crippen LogP contribution in [0, 0.1) is 5.92 Å². The van der Waals surface area contributed by atoms with Crippen molar-refractivity contribution in [3.8, 4) is 5.75 Å². The average molecular weight is 557 g/mol. The summed E-state index contributed by atoms with van der Waals surface area (Å²) in [5.74, 6) is 0.754. The molecule has 0 saturated heterocycles. The van der Waals surface area contributed by atoms with Crippen LogP contribution >= 0.6 is 7.82 Å². The van der Waals surface area contributed by atoms with Crippen LogP contribution in [0.4, 0.5) is 0 Å². The molecular formula is C30H55NO6P+. The van der Waals surface area contributed by atoms with E-state index in [-0.39, 0.29) is 24.9 Å². The number of unbranched alkanes of at least 4 members (excludes halogenated alkanes) is 9. The van der Waals surface area contributed by atoms with E-state index in [0.29, 0.717) is 25.7 Å². The minimum atomic E-state index is -4.14. The van der Waals surface area contributed by atoms with E-state index in [1.165, 1.54) is 62.7 Å². The summed E-state index contributed by atoms with van der Waals surface area (Å²) in [4.78, 5) is 23.4. The molecule has 0 bridgehead atoms. The summed E-state index contributed by atoms with van der Waals surface area (Å²) >= 11 is 0. The maximum atomic E-state index is 12.3. The van der Waals surface area contributed by atoms with Gasteiger partial charge in [-0.15, -0.1) is 0 Å². The fourth-order valence-electron chi connectivity index (χ4n) is 4.33. The first-order chi connectivity index (χ1) is 18.3. The lowest BCUT2D eigenvalue weighted by molar-refractivity contribution is -0.858. The van der Waals surface area contributed by atoms with Crippen molar-refractivity contribution >= 4 is 13.6 Å². The third-order valence-corrected chi connectivity index (χ3v) is 7.66. The summed E-state index contributed by atoms with van der Waals surface area (Å²) in [6, 6.07) is 7.90. The van der Waals surface area contributed by atoms with Crippen LogP contribution in [0.25, 0.3) is 0 Å². The minimum Gasteiger partial charge on any atom is -0.494 e. The van der Waals surface area contributed by atoms with Crippen LogP contribution in [-0.4, -0.2) is 51.1 Å². The Bertz CT molecular complexity index is 771. The standard InChI is InChI=1S/C30H54NO6P/c1-5-7-8-9-10-11-12-13-14-15-22-35-30-19-17-27(18-20-30)24-28(25-29(32)6-2)26-37-38(33,34)36-23-16-21-31(3)4/h17-20,28H,5-16,21-26H2,1-4H3,(H,33,34)/p+1. The molecule has 0 radical (unpaired) electrons. The highest BCUT2D eigenvalue weighted by atomic mass is 31.2. The number of nitrogens with one attached hydrogen (secondary N) is 1. The van der Waals surface area contributed by atoms with E-state index < -0.39 is 7.82 Å². The number of benzene rings is 1. The molecule has 0 saturated carbocycles. The Morgan fingerprint density at radius 1 is 0.868 bits per heavy atom. The molecule has 0 aliphatic carbocycles. The summed E-state index contributed by atoms with van der Waals surface area (Å²) in [7, 11) is -0.111. The van der Waals surface area contributed by atoms with Gasteiger partial charge in [-0.25, -0.2) is 4.57 Å². The molecule has 2 atom stereocenters. The van der Waals surface area contributed by atoms with E-state index in [4.69, 9.17) is 13.8 Å². The highest BCUT2D eigenvalue weighted by Crippen LogP contribution is 2.44. The highest BCUT2D eigenvalue weighted by Gasteiger charge is 2.24. The Kier molecular flexibility index (Phi) is 19.7.